The molecule has 6 heteroatoms. The molecule has 0 atom stereocenters. The van der Waals surface area contributed by atoms with Crippen molar-refractivity contribution in [3.8, 4) is 0 Å². The maximum Gasteiger partial charge on any atom is 0.321 e. The summed E-state index contributed by atoms with van der Waals surface area (Å²) >= 11 is 0. The van der Waals surface area contributed by atoms with Crippen LogP contribution in [0.25, 0.3) is 0 Å². The molecule has 0 aromatic heterocycles. The van der Waals surface area contributed by atoms with E-state index in [2.05, 4.69) is 10.6 Å². The van der Waals surface area contributed by atoms with E-state index in [9.17, 15) is 14.4 Å². The highest BCUT2D eigenvalue weighted by molar-refractivity contribution is 5.95. The van der Waals surface area contributed by atoms with Gasteiger partial charge in [0.25, 0.3) is 5.91 Å². The highest BCUT2D eigenvalue weighted by Gasteiger charge is 2.21. The van der Waals surface area contributed by atoms with E-state index < -0.39 is 24.5 Å². The minimum absolute atomic E-state index is 0.103. The van der Waals surface area contributed by atoms with E-state index in [-0.39, 0.29) is 18.4 Å². The summed E-state index contributed by atoms with van der Waals surface area (Å²) in [6.07, 6.45) is 5.31. The van der Waals surface area contributed by atoms with Crippen LogP contribution in [0.15, 0.2) is 60.7 Å². The van der Waals surface area contributed by atoms with Crippen LogP contribution in [0, 0.1) is 0 Å². The zero-order chi connectivity index (χ0) is 21.2. The number of benzene rings is 2. The number of imide groups is 1. The van der Waals surface area contributed by atoms with Gasteiger partial charge in [-0.1, -0.05) is 79.9 Å². The zero-order valence-corrected chi connectivity index (χ0v) is 17.0. The number of nitrogens with one attached hydrogen (secondary N) is 2. The number of ether oxygens (including phenoxy) is 1. The molecule has 0 radical (unpaired) electrons. The Balaban J connectivity index is 1.49. The molecule has 1 fully saturated rings. The number of hydrogen-bond donors (Lipinski definition) is 2. The number of hydrogen-bond acceptors (Lipinski definition) is 4. The average Bonchev–Trinajstić information content (AvgIpc) is 2.78. The van der Waals surface area contributed by atoms with Gasteiger partial charge in [0, 0.05) is 12.0 Å². The van der Waals surface area contributed by atoms with Crippen molar-refractivity contribution in [2.45, 2.75) is 50.5 Å². The van der Waals surface area contributed by atoms with Crippen LogP contribution in [-0.4, -0.2) is 30.6 Å². The molecule has 0 saturated heterocycles. The molecule has 0 heterocycles. The Kier molecular flexibility index (Phi) is 8.01. The summed E-state index contributed by atoms with van der Waals surface area (Å²) in [6.45, 7) is -0.479. The summed E-state index contributed by atoms with van der Waals surface area (Å²) in [5.74, 6) is -1.29. The lowest BCUT2D eigenvalue weighted by molar-refractivity contribution is -0.148. The van der Waals surface area contributed by atoms with E-state index >= 15 is 0 Å². The van der Waals surface area contributed by atoms with Crippen molar-refractivity contribution in [1.29, 1.82) is 0 Å². The molecule has 1 saturated carbocycles. The topological polar surface area (TPSA) is 84.5 Å². The van der Waals surface area contributed by atoms with Crippen molar-refractivity contribution >= 4 is 17.9 Å². The van der Waals surface area contributed by atoms with Gasteiger partial charge in [0.2, 0.25) is 0 Å². The van der Waals surface area contributed by atoms with Crippen molar-refractivity contribution in [2.75, 3.05) is 6.61 Å². The SMILES string of the molecule is O=C(COC(=O)CC(c1ccccc1)c1ccccc1)NC(=O)NC1CCCCC1. The molecule has 30 heavy (non-hydrogen) atoms. The standard InChI is InChI=1S/C24H28N2O4/c27-22(26-24(29)25-20-14-8-3-9-15-20)17-30-23(28)16-21(18-10-4-1-5-11-18)19-12-6-2-7-13-19/h1-2,4-7,10-13,20-21H,3,8-9,14-17H2,(H2,25,26,27,29). The molecule has 0 bridgehead atoms. The Morgan fingerprint density at radius 3 is 2.00 bits per heavy atom. The van der Waals surface area contributed by atoms with Gasteiger partial charge in [-0.3, -0.25) is 14.9 Å². The van der Waals surface area contributed by atoms with Crippen LogP contribution < -0.4 is 10.6 Å². The lowest BCUT2D eigenvalue weighted by Gasteiger charge is -2.22. The highest BCUT2D eigenvalue weighted by atomic mass is 16.5. The number of urea groups is 1. The summed E-state index contributed by atoms with van der Waals surface area (Å²) < 4.78 is 5.14. The fourth-order valence-corrected chi connectivity index (χ4v) is 3.80. The lowest BCUT2D eigenvalue weighted by Crippen LogP contribution is -2.46. The normalized spacial score (nSPS) is 14.2. The van der Waals surface area contributed by atoms with Crippen LogP contribution in [0.2, 0.25) is 0 Å². The molecule has 2 aromatic carbocycles. The van der Waals surface area contributed by atoms with E-state index in [4.69, 9.17) is 4.74 Å². The van der Waals surface area contributed by atoms with E-state index in [1.165, 1.54) is 6.42 Å². The second-order valence-corrected chi connectivity index (χ2v) is 7.60. The summed E-state index contributed by atoms with van der Waals surface area (Å²) in [4.78, 5) is 36.3. The second kappa shape index (κ2) is 11.1. The quantitative estimate of drug-likeness (QED) is 0.681. The first kappa shape index (κ1) is 21.6. The van der Waals surface area contributed by atoms with Gasteiger partial charge in [-0.05, 0) is 24.0 Å². The summed E-state index contributed by atoms with van der Waals surface area (Å²) in [7, 11) is 0. The van der Waals surface area contributed by atoms with Gasteiger partial charge in [0.15, 0.2) is 6.61 Å². The van der Waals surface area contributed by atoms with Crippen LogP contribution in [0.4, 0.5) is 4.79 Å². The fraction of sp³-hybridized carbons (Fsp3) is 0.375. The molecule has 6 nitrogen and oxygen atoms in total. The van der Waals surface area contributed by atoms with Crippen molar-refractivity contribution < 1.29 is 19.1 Å². The van der Waals surface area contributed by atoms with Crippen LogP contribution in [0.3, 0.4) is 0 Å². The number of carbonyl (C=O) groups is 3. The van der Waals surface area contributed by atoms with Gasteiger partial charge in [-0.2, -0.15) is 0 Å². The summed E-state index contributed by atoms with van der Waals surface area (Å²) in [6, 6.07) is 19.0. The summed E-state index contributed by atoms with van der Waals surface area (Å²) in [5.41, 5.74) is 1.99. The average molecular weight is 408 g/mol. The Morgan fingerprint density at radius 2 is 1.43 bits per heavy atom. The second-order valence-electron chi connectivity index (χ2n) is 7.60. The van der Waals surface area contributed by atoms with Crippen molar-refractivity contribution in [1.82, 2.24) is 10.6 Å². The molecule has 158 valence electrons. The highest BCUT2D eigenvalue weighted by Crippen LogP contribution is 2.28. The van der Waals surface area contributed by atoms with Gasteiger partial charge in [-0.25, -0.2) is 4.79 Å². The predicted octanol–water partition coefficient (Wildman–Crippen LogP) is 3.91. The van der Waals surface area contributed by atoms with Crippen molar-refractivity contribution in [2.24, 2.45) is 0 Å². The van der Waals surface area contributed by atoms with Crippen LogP contribution >= 0.6 is 0 Å². The predicted molar refractivity (Wildman–Crippen MR) is 114 cm³/mol. The Morgan fingerprint density at radius 1 is 0.867 bits per heavy atom. The Bertz CT molecular complexity index is 793. The molecule has 1 aliphatic rings. The molecule has 2 N–H and O–H groups in total. The van der Waals surface area contributed by atoms with Crippen LogP contribution in [-0.2, 0) is 14.3 Å². The molecule has 0 spiro atoms. The number of esters is 1. The molecule has 3 amide bonds. The van der Waals surface area contributed by atoms with Crippen LogP contribution in [0.5, 0.6) is 0 Å². The molecule has 0 unspecified atom stereocenters. The van der Waals surface area contributed by atoms with Crippen LogP contribution in [0.1, 0.15) is 55.6 Å². The monoisotopic (exact) mass is 408 g/mol. The summed E-state index contributed by atoms with van der Waals surface area (Å²) in [5, 5.41) is 5.03. The maximum atomic E-state index is 12.4. The molecule has 1 aliphatic carbocycles. The Hall–Kier alpha value is -3.15. The third-order valence-electron chi connectivity index (χ3n) is 5.33. The van der Waals surface area contributed by atoms with E-state index in [0.29, 0.717) is 0 Å². The molecule has 0 aliphatic heterocycles. The van der Waals surface area contributed by atoms with E-state index in [1.54, 1.807) is 0 Å². The largest absolute Gasteiger partial charge is 0.456 e. The number of rotatable bonds is 7. The molecule has 2 aromatic rings. The van der Waals surface area contributed by atoms with Gasteiger partial charge in [0.05, 0.1) is 6.42 Å². The first-order chi connectivity index (χ1) is 14.6. The lowest BCUT2D eigenvalue weighted by atomic mass is 9.89. The van der Waals surface area contributed by atoms with Gasteiger partial charge < -0.3 is 10.1 Å². The first-order valence-electron chi connectivity index (χ1n) is 10.5. The van der Waals surface area contributed by atoms with Crippen molar-refractivity contribution in [3.05, 3.63) is 71.8 Å². The molecular weight excluding hydrogens is 380 g/mol. The zero-order valence-electron chi connectivity index (χ0n) is 17.0. The minimum Gasteiger partial charge on any atom is -0.456 e. The Labute approximate surface area is 177 Å². The van der Waals surface area contributed by atoms with Gasteiger partial charge in [-0.15, -0.1) is 0 Å². The first-order valence-corrected chi connectivity index (χ1v) is 10.5. The van der Waals surface area contributed by atoms with E-state index in [0.717, 1.165) is 36.8 Å². The minimum atomic E-state index is -0.632. The van der Waals surface area contributed by atoms with Crippen molar-refractivity contribution in [3.63, 3.8) is 0 Å². The van der Waals surface area contributed by atoms with E-state index in [1.807, 2.05) is 60.7 Å². The van der Waals surface area contributed by atoms with Gasteiger partial charge >= 0.3 is 12.0 Å². The molecular formula is C24H28N2O4. The number of amides is 3. The molecule has 3 rings (SSSR count). The van der Waals surface area contributed by atoms with Gasteiger partial charge in [0.1, 0.15) is 0 Å². The maximum absolute atomic E-state index is 12.4. The fourth-order valence-electron chi connectivity index (χ4n) is 3.80. The third-order valence-corrected chi connectivity index (χ3v) is 5.33. The third kappa shape index (κ3) is 6.72. The smallest absolute Gasteiger partial charge is 0.321 e. The number of carbonyl (C=O) groups excluding carboxylic acids is 3.